The predicted octanol–water partition coefficient (Wildman–Crippen LogP) is 0.889. The standard InChI is InChI=1S/C8H8N2O2/c11-5-12-7-3-9-4-10-8(7)6-1-2-6/h3-6H,1-2H2. The molecule has 1 fully saturated rings. The molecule has 1 heterocycles. The van der Waals surface area contributed by atoms with E-state index in [0.29, 0.717) is 18.1 Å². The van der Waals surface area contributed by atoms with Gasteiger partial charge < -0.3 is 4.74 Å². The topological polar surface area (TPSA) is 52.1 Å². The SMILES string of the molecule is O=COc1cncnc1C1CC1. The maximum Gasteiger partial charge on any atom is 0.298 e. The lowest BCUT2D eigenvalue weighted by atomic mass is 10.2. The lowest BCUT2D eigenvalue weighted by Gasteiger charge is -2.01. The molecule has 0 amide bonds. The van der Waals surface area contributed by atoms with E-state index < -0.39 is 0 Å². The zero-order chi connectivity index (χ0) is 8.39. The molecule has 4 nitrogen and oxygen atoms in total. The van der Waals surface area contributed by atoms with Crippen molar-refractivity contribution in [2.24, 2.45) is 0 Å². The Bertz CT molecular complexity index is 297. The minimum Gasteiger partial charge on any atom is -0.425 e. The largest absolute Gasteiger partial charge is 0.425 e. The van der Waals surface area contributed by atoms with Crippen LogP contribution in [0.5, 0.6) is 5.75 Å². The summed E-state index contributed by atoms with van der Waals surface area (Å²) in [4.78, 5) is 17.9. The van der Waals surface area contributed by atoms with Crippen LogP contribution in [0.2, 0.25) is 0 Å². The molecule has 2 rings (SSSR count). The molecule has 1 saturated carbocycles. The van der Waals surface area contributed by atoms with Crippen LogP contribution in [0.15, 0.2) is 12.5 Å². The van der Waals surface area contributed by atoms with Gasteiger partial charge in [-0.15, -0.1) is 0 Å². The summed E-state index contributed by atoms with van der Waals surface area (Å²) < 4.78 is 4.73. The Kier molecular flexibility index (Phi) is 1.74. The fraction of sp³-hybridized carbons (Fsp3) is 0.375. The number of ether oxygens (including phenoxy) is 1. The molecule has 0 unspecified atom stereocenters. The van der Waals surface area contributed by atoms with E-state index in [2.05, 4.69) is 9.97 Å². The summed E-state index contributed by atoms with van der Waals surface area (Å²) in [7, 11) is 0. The first kappa shape index (κ1) is 7.21. The number of carbonyl (C=O) groups excluding carboxylic acids is 1. The summed E-state index contributed by atoms with van der Waals surface area (Å²) in [6.07, 6.45) is 5.26. The maximum atomic E-state index is 10.1. The molecule has 1 aliphatic rings. The van der Waals surface area contributed by atoms with Gasteiger partial charge in [0.1, 0.15) is 6.33 Å². The normalized spacial score (nSPS) is 15.7. The molecule has 0 N–H and O–H groups in total. The van der Waals surface area contributed by atoms with E-state index in [9.17, 15) is 4.79 Å². The minimum absolute atomic E-state index is 0.407. The molecule has 12 heavy (non-hydrogen) atoms. The van der Waals surface area contributed by atoms with E-state index in [-0.39, 0.29) is 0 Å². The second-order valence-electron chi connectivity index (χ2n) is 2.76. The lowest BCUT2D eigenvalue weighted by Crippen LogP contribution is -1.96. The van der Waals surface area contributed by atoms with Crippen LogP contribution in [-0.2, 0) is 4.79 Å². The third-order valence-corrected chi connectivity index (χ3v) is 1.85. The van der Waals surface area contributed by atoms with Crippen molar-refractivity contribution in [1.82, 2.24) is 9.97 Å². The van der Waals surface area contributed by atoms with Gasteiger partial charge in [-0.2, -0.15) is 0 Å². The van der Waals surface area contributed by atoms with Crippen LogP contribution in [0.3, 0.4) is 0 Å². The Hall–Kier alpha value is -1.45. The van der Waals surface area contributed by atoms with Gasteiger partial charge in [-0.1, -0.05) is 0 Å². The smallest absolute Gasteiger partial charge is 0.298 e. The lowest BCUT2D eigenvalue weighted by molar-refractivity contribution is -0.120. The summed E-state index contributed by atoms with van der Waals surface area (Å²) in [6.45, 7) is 0.407. The number of nitrogens with zero attached hydrogens (tertiary/aromatic N) is 2. The summed E-state index contributed by atoms with van der Waals surface area (Å²) in [5, 5.41) is 0. The summed E-state index contributed by atoms with van der Waals surface area (Å²) in [6, 6.07) is 0. The van der Waals surface area contributed by atoms with Crippen LogP contribution >= 0.6 is 0 Å². The van der Waals surface area contributed by atoms with Crippen molar-refractivity contribution in [1.29, 1.82) is 0 Å². The zero-order valence-corrected chi connectivity index (χ0v) is 6.43. The molecule has 0 atom stereocenters. The first-order valence-corrected chi connectivity index (χ1v) is 3.82. The molecule has 0 bridgehead atoms. The van der Waals surface area contributed by atoms with Gasteiger partial charge in [0, 0.05) is 5.92 Å². The van der Waals surface area contributed by atoms with Crippen LogP contribution in [0, 0.1) is 0 Å². The summed E-state index contributed by atoms with van der Waals surface area (Å²) >= 11 is 0. The van der Waals surface area contributed by atoms with Crippen LogP contribution in [0.1, 0.15) is 24.5 Å². The van der Waals surface area contributed by atoms with Crippen molar-refractivity contribution in [3.05, 3.63) is 18.2 Å². The Morgan fingerprint density at radius 3 is 3.08 bits per heavy atom. The Labute approximate surface area is 69.6 Å². The Morgan fingerprint density at radius 1 is 1.58 bits per heavy atom. The molecule has 0 radical (unpaired) electrons. The second-order valence-corrected chi connectivity index (χ2v) is 2.76. The van der Waals surface area contributed by atoms with Gasteiger partial charge in [0.2, 0.25) is 0 Å². The molecular formula is C8H8N2O2. The van der Waals surface area contributed by atoms with Gasteiger partial charge in [-0.05, 0) is 12.8 Å². The average Bonchev–Trinajstić information content (AvgIpc) is 2.89. The summed E-state index contributed by atoms with van der Waals surface area (Å²) in [5.41, 5.74) is 0.858. The van der Waals surface area contributed by atoms with Crippen molar-refractivity contribution in [2.75, 3.05) is 0 Å². The quantitative estimate of drug-likeness (QED) is 0.622. The highest BCUT2D eigenvalue weighted by Crippen LogP contribution is 2.42. The number of hydrogen-bond acceptors (Lipinski definition) is 4. The first-order chi connectivity index (χ1) is 5.92. The Morgan fingerprint density at radius 2 is 2.42 bits per heavy atom. The van der Waals surface area contributed by atoms with Crippen LogP contribution in [0.25, 0.3) is 0 Å². The fourth-order valence-corrected chi connectivity index (χ4v) is 1.13. The van der Waals surface area contributed by atoms with Crippen molar-refractivity contribution in [3.63, 3.8) is 0 Å². The molecule has 62 valence electrons. The highest BCUT2D eigenvalue weighted by molar-refractivity contribution is 5.46. The molecule has 4 heteroatoms. The maximum absolute atomic E-state index is 10.1. The number of hydrogen-bond donors (Lipinski definition) is 0. The van der Waals surface area contributed by atoms with Gasteiger partial charge in [0.05, 0.1) is 11.9 Å². The monoisotopic (exact) mass is 164 g/mol. The van der Waals surface area contributed by atoms with Gasteiger partial charge in [-0.25, -0.2) is 9.97 Å². The van der Waals surface area contributed by atoms with E-state index >= 15 is 0 Å². The van der Waals surface area contributed by atoms with E-state index in [1.165, 1.54) is 12.5 Å². The third-order valence-electron chi connectivity index (χ3n) is 1.85. The van der Waals surface area contributed by atoms with Gasteiger partial charge in [0.25, 0.3) is 6.47 Å². The number of rotatable bonds is 3. The molecule has 1 aromatic heterocycles. The van der Waals surface area contributed by atoms with Crippen molar-refractivity contribution >= 4 is 6.47 Å². The fourth-order valence-electron chi connectivity index (χ4n) is 1.13. The molecule has 1 aliphatic carbocycles. The van der Waals surface area contributed by atoms with Crippen LogP contribution in [-0.4, -0.2) is 16.4 Å². The molecular weight excluding hydrogens is 156 g/mol. The Balaban J connectivity index is 2.29. The van der Waals surface area contributed by atoms with Crippen LogP contribution < -0.4 is 4.74 Å². The highest BCUT2D eigenvalue weighted by Gasteiger charge is 2.28. The number of aromatic nitrogens is 2. The first-order valence-electron chi connectivity index (χ1n) is 3.82. The van der Waals surface area contributed by atoms with E-state index in [1.807, 2.05) is 0 Å². The average molecular weight is 164 g/mol. The molecule has 0 aromatic carbocycles. The van der Waals surface area contributed by atoms with E-state index in [1.54, 1.807) is 0 Å². The molecule has 1 aromatic rings. The number of carbonyl (C=O) groups is 1. The van der Waals surface area contributed by atoms with Crippen LogP contribution in [0.4, 0.5) is 0 Å². The second kappa shape index (κ2) is 2.89. The zero-order valence-electron chi connectivity index (χ0n) is 6.43. The molecule has 0 spiro atoms. The highest BCUT2D eigenvalue weighted by atomic mass is 16.5. The summed E-state index contributed by atoms with van der Waals surface area (Å²) in [5.74, 6) is 0.970. The van der Waals surface area contributed by atoms with E-state index in [0.717, 1.165) is 18.5 Å². The van der Waals surface area contributed by atoms with E-state index in [4.69, 9.17) is 4.74 Å². The van der Waals surface area contributed by atoms with Gasteiger partial charge >= 0.3 is 0 Å². The van der Waals surface area contributed by atoms with Crippen molar-refractivity contribution in [2.45, 2.75) is 18.8 Å². The predicted molar refractivity (Wildman–Crippen MR) is 40.7 cm³/mol. The molecule has 0 saturated heterocycles. The molecule has 0 aliphatic heterocycles. The van der Waals surface area contributed by atoms with Gasteiger partial charge in [-0.3, -0.25) is 4.79 Å². The third kappa shape index (κ3) is 1.28. The van der Waals surface area contributed by atoms with Crippen molar-refractivity contribution < 1.29 is 9.53 Å². The van der Waals surface area contributed by atoms with Gasteiger partial charge in [0.15, 0.2) is 5.75 Å². The van der Waals surface area contributed by atoms with Crippen molar-refractivity contribution in [3.8, 4) is 5.75 Å². The minimum atomic E-state index is 0.407.